The Morgan fingerprint density at radius 3 is 2.53 bits per heavy atom. The van der Waals surface area contributed by atoms with Crippen LogP contribution >= 0.6 is 11.3 Å². The van der Waals surface area contributed by atoms with Crippen molar-refractivity contribution in [1.29, 1.82) is 0 Å². The van der Waals surface area contributed by atoms with Crippen molar-refractivity contribution >= 4 is 17.1 Å². The van der Waals surface area contributed by atoms with Crippen LogP contribution in [0.1, 0.15) is 25.8 Å². The van der Waals surface area contributed by atoms with Crippen molar-refractivity contribution in [2.45, 2.75) is 13.8 Å². The predicted octanol–water partition coefficient (Wildman–Crippen LogP) is 2.40. The minimum atomic E-state index is -0.187. The Bertz CT molecular complexity index is 603. The summed E-state index contributed by atoms with van der Waals surface area (Å²) in [5.41, 5.74) is 1.29. The van der Waals surface area contributed by atoms with E-state index in [0.29, 0.717) is 10.8 Å². The largest absolute Gasteiger partial charge is 0.480 e. The standard InChI is InChI=1S/C13H14N2O3S/c1-7-5-9(19-8(7)2)12(16)11-13(18-4)15-10(17-3)6-14-11/h5-6H,1-4H3. The van der Waals surface area contributed by atoms with Crippen LogP contribution in [0.4, 0.5) is 0 Å². The molecule has 19 heavy (non-hydrogen) atoms. The Morgan fingerprint density at radius 2 is 2.00 bits per heavy atom. The number of ether oxygens (including phenoxy) is 2. The number of carbonyl (C=O) groups excluding carboxylic acids is 1. The first kappa shape index (κ1) is 13.5. The normalized spacial score (nSPS) is 10.3. The maximum absolute atomic E-state index is 12.4. The van der Waals surface area contributed by atoms with Crippen molar-refractivity contribution in [2.24, 2.45) is 0 Å². The molecule has 2 aromatic heterocycles. The van der Waals surface area contributed by atoms with Crippen LogP contribution in [-0.2, 0) is 0 Å². The average Bonchev–Trinajstić information content (AvgIpc) is 2.77. The number of aromatic nitrogens is 2. The third kappa shape index (κ3) is 2.58. The summed E-state index contributed by atoms with van der Waals surface area (Å²) < 4.78 is 10.1. The number of carbonyl (C=O) groups is 1. The molecule has 0 N–H and O–H groups in total. The Balaban J connectivity index is 2.43. The fraction of sp³-hybridized carbons (Fsp3) is 0.308. The summed E-state index contributed by atoms with van der Waals surface area (Å²) in [5, 5.41) is 0. The van der Waals surface area contributed by atoms with Gasteiger partial charge in [-0.05, 0) is 25.5 Å². The molecule has 0 unspecified atom stereocenters. The summed E-state index contributed by atoms with van der Waals surface area (Å²) >= 11 is 1.44. The fourth-order valence-electron chi connectivity index (χ4n) is 1.56. The third-order valence-electron chi connectivity index (χ3n) is 2.73. The third-order valence-corrected chi connectivity index (χ3v) is 3.88. The van der Waals surface area contributed by atoms with Crippen LogP contribution in [0, 0.1) is 13.8 Å². The molecule has 2 aromatic rings. The fourth-order valence-corrected chi connectivity index (χ4v) is 2.53. The van der Waals surface area contributed by atoms with Gasteiger partial charge in [-0.2, -0.15) is 4.98 Å². The van der Waals surface area contributed by atoms with E-state index in [1.54, 1.807) is 0 Å². The second-order valence-electron chi connectivity index (χ2n) is 3.95. The quantitative estimate of drug-likeness (QED) is 0.804. The molecular formula is C13H14N2O3S. The van der Waals surface area contributed by atoms with Crippen molar-refractivity contribution < 1.29 is 14.3 Å². The summed E-state index contributed by atoms with van der Waals surface area (Å²) in [4.78, 5) is 22.3. The van der Waals surface area contributed by atoms with Gasteiger partial charge in [-0.25, -0.2) is 4.98 Å². The van der Waals surface area contributed by atoms with E-state index in [4.69, 9.17) is 9.47 Å². The Morgan fingerprint density at radius 1 is 1.26 bits per heavy atom. The zero-order valence-corrected chi connectivity index (χ0v) is 12.0. The van der Waals surface area contributed by atoms with Crippen molar-refractivity contribution in [1.82, 2.24) is 9.97 Å². The number of methoxy groups -OCH3 is 2. The van der Waals surface area contributed by atoms with Gasteiger partial charge in [0.2, 0.25) is 17.5 Å². The van der Waals surface area contributed by atoms with Gasteiger partial charge in [0.15, 0.2) is 5.69 Å². The van der Waals surface area contributed by atoms with Gasteiger partial charge >= 0.3 is 0 Å². The Kier molecular flexibility index (Phi) is 3.80. The summed E-state index contributed by atoms with van der Waals surface area (Å²) in [6, 6.07) is 1.85. The minimum Gasteiger partial charge on any atom is -0.480 e. The van der Waals surface area contributed by atoms with Crippen molar-refractivity contribution in [3.8, 4) is 11.8 Å². The van der Waals surface area contributed by atoms with Gasteiger partial charge in [0.25, 0.3) is 0 Å². The zero-order valence-electron chi connectivity index (χ0n) is 11.2. The Labute approximate surface area is 115 Å². The highest BCUT2D eigenvalue weighted by Crippen LogP contribution is 2.26. The first-order chi connectivity index (χ1) is 9.06. The lowest BCUT2D eigenvalue weighted by Crippen LogP contribution is -2.07. The number of hydrogen-bond donors (Lipinski definition) is 0. The molecule has 2 rings (SSSR count). The summed E-state index contributed by atoms with van der Waals surface area (Å²) in [5.74, 6) is 0.299. The van der Waals surface area contributed by atoms with Gasteiger partial charge in [-0.15, -0.1) is 11.3 Å². The lowest BCUT2D eigenvalue weighted by molar-refractivity contribution is 0.103. The molecule has 5 nitrogen and oxygen atoms in total. The molecule has 0 saturated carbocycles. The first-order valence-electron chi connectivity index (χ1n) is 5.63. The highest BCUT2D eigenvalue weighted by Gasteiger charge is 2.20. The van der Waals surface area contributed by atoms with E-state index in [0.717, 1.165) is 10.4 Å². The van der Waals surface area contributed by atoms with E-state index < -0.39 is 0 Å². The summed E-state index contributed by atoms with van der Waals surface area (Å²) in [6.07, 6.45) is 1.41. The van der Waals surface area contributed by atoms with Crippen LogP contribution in [0.3, 0.4) is 0 Å². The monoisotopic (exact) mass is 278 g/mol. The van der Waals surface area contributed by atoms with Crippen LogP contribution in [0.25, 0.3) is 0 Å². The molecule has 0 aliphatic heterocycles. The lowest BCUT2D eigenvalue weighted by atomic mass is 10.2. The number of hydrogen-bond acceptors (Lipinski definition) is 6. The highest BCUT2D eigenvalue weighted by molar-refractivity contribution is 7.14. The number of thiophene rings is 1. The van der Waals surface area contributed by atoms with Crippen molar-refractivity contribution in [3.05, 3.63) is 33.3 Å². The molecule has 0 atom stereocenters. The van der Waals surface area contributed by atoms with Gasteiger partial charge in [-0.1, -0.05) is 0 Å². The summed E-state index contributed by atoms with van der Waals surface area (Å²) in [7, 11) is 2.93. The van der Waals surface area contributed by atoms with Gasteiger partial charge < -0.3 is 9.47 Å². The number of rotatable bonds is 4. The van der Waals surface area contributed by atoms with E-state index in [1.165, 1.54) is 31.8 Å². The molecule has 0 radical (unpaired) electrons. The number of aryl methyl sites for hydroxylation is 2. The van der Waals surface area contributed by atoms with E-state index >= 15 is 0 Å². The number of ketones is 1. The molecule has 0 bridgehead atoms. The molecule has 6 heteroatoms. The average molecular weight is 278 g/mol. The second kappa shape index (κ2) is 5.36. The molecule has 0 aromatic carbocycles. The molecule has 0 aliphatic rings. The first-order valence-corrected chi connectivity index (χ1v) is 6.45. The highest BCUT2D eigenvalue weighted by atomic mass is 32.1. The van der Waals surface area contributed by atoms with E-state index in [1.807, 2.05) is 19.9 Å². The predicted molar refractivity (Wildman–Crippen MR) is 72.4 cm³/mol. The topological polar surface area (TPSA) is 61.3 Å². The van der Waals surface area contributed by atoms with Crippen LogP contribution in [0.2, 0.25) is 0 Å². The van der Waals surface area contributed by atoms with Crippen LogP contribution in [0.5, 0.6) is 11.8 Å². The van der Waals surface area contributed by atoms with Gasteiger partial charge in [0.1, 0.15) is 0 Å². The molecule has 100 valence electrons. The SMILES string of the molecule is COc1cnc(C(=O)c2cc(C)c(C)s2)c(OC)n1. The second-order valence-corrected chi connectivity index (χ2v) is 5.21. The van der Waals surface area contributed by atoms with E-state index in [9.17, 15) is 4.79 Å². The van der Waals surface area contributed by atoms with Gasteiger partial charge in [0, 0.05) is 4.88 Å². The van der Waals surface area contributed by atoms with Crippen LogP contribution < -0.4 is 9.47 Å². The molecule has 0 saturated heterocycles. The van der Waals surface area contributed by atoms with Crippen LogP contribution in [-0.4, -0.2) is 30.0 Å². The maximum Gasteiger partial charge on any atom is 0.247 e. The van der Waals surface area contributed by atoms with Gasteiger partial charge in [0.05, 0.1) is 25.3 Å². The molecule has 2 heterocycles. The minimum absolute atomic E-state index is 0.174. The zero-order chi connectivity index (χ0) is 14.0. The van der Waals surface area contributed by atoms with Crippen molar-refractivity contribution in [3.63, 3.8) is 0 Å². The molecular weight excluding hydrogens is 264 g/mol. The smallest absolute Gasteiger partial charge is 0.247 e. The van der Waals surface area contributed by atoms with Crippen LogP contribution in [0.15, 0.2) is 12.3 Å². The molecule has 0 amide bonds. The lowest BCUT2D eigenvalue weighted by Gasteiger charge is -2.06. The molecule has 0 spiro atoms. The molecule has 0 aliphatic carbocycles. The van der Waals surface area contributed by atoms with Gasteiger partial charge in [-0.3, -0.25) is 4.79 Å². The number of nitrogens with zero attached hydrogens (tertiary/aromatic N) is 2. The maximum atomic E-state index is 12.4. The van der Waals surface area contributed by atoms with E-state index in [-0.39, 0.29) is 17.4 Å². The summed E-state index contributed by atoms with van der Waals surface area (Å²) in [6.45, 7) is 3.95. The Hall–Kier alpha value is -1.95. The molecule has 0 fully saturated rings. The van der Waals surface area contributed by atoms with E-state index in [2.05, 4.69) is 9.97 Å². The van der Waals surface area contributed by atoms with Crippen molar-refractivity contribution in [2.75, 3.05) is 14.2 Å².